The minimum atomic E-state index is -0.992. The maximum Gasteiger partial charge on any atom is 0.321 e. The van der Waals surface area contributed by atoms with Crippen molar-refractivity contribution in [3.8, 4) is 0 Å². The lowest BCUT2D eigenvalue weighted by atomic mass is 10.2. The van der Waals surface area contributed by atoms with Crippen molar-refractivity contribution in [3.63, 3.8) is 0 Å². The first kappa shape index (κ1) is 15.2. The average Bonchev–Trinajstić information content (AvgIpc) is 2.26. The van der Waals surface area contributed by atoms with Crippen LogP contribution in [0.1, 0.15) is 6.92 Å². The number of benzene rings is 1. The largest absolute Gasteiger partial charge is 0.481 e. The summed E-state index contributed by atoms with van der Waals surface area (Å²) in [6.45, 7) is 1.54. The van der Waals surface area contributed by atoms with E-state index < -0.39 is 23.7 Å². The highest BCUT2D eigenvalue weighted by Gasteiger charge is 2.17. The van der Waals surface area contributed by atoms with Crippen molar-refractivity contribution in [1.82, 2.24) is 4.90 Å². The maximum atomic E-state index is 13.1. The normalized spacial score (nSPS) is 11.8. The summed E-state index contributed by atoms with van der Waals surface area (Å²) in [5.74, 6) is -2.25. The monoisotopic (exact) mass is 288 g/mol. The van der Waals surface area contributed by atoms with Crippen molar-refractivity contribution in [2.75, 3.05) is 18.9 Å². The molecule has 0 saturated carbocycles. The minimum absolute atomic E-state index is 0.0458. The molecule has 1 aromatic carbocycles. The second kappa shape index (κ2) is 6.38. The molecule has 0 fully saturated rings. The van der Waals surface area contributed by atoms with Gasteiger partial charge >= 0.3 is 12.0 Å². The molecule has 1 rings (SSSR count). The van der Waals surface area contributed by atoms with Crippen LogP contribution >= 0.6 is 11.6 Å². The molecule has 104 valence electrons. The second-order valence-electron chi connectivity index (χ2n) is 4.21. The first-order chi connectivity index (χ1) is 8.79. The molecular formula is C12H14ClFN2O3. The number of carbonyl (C=O) groups is 2. The lowest BCUT2D eigenvalue weighted by molar-refractivity contribution is -0.141. The van der Waals surface area contributed by atoms with Gasteiger partial charge in [0.15, 0.2) is 0 Å². The molecule has 1 aromatic rings. The van der Waals surface area contributed by atoms with E-state index in [9.17, 15) is 14.0 Å². The fourth-order valence-electron chi connectivity index (χ4n) is 1.42. The van der Waals surface area contributed by atoms with E-state index in [-0.39, 0.29) is 17.3 Å². The number of hydrogen-bond acceptors (Lipinski definition) is 2. The Morgan fingerprint density at radius 2 is 2.11 bits per heavy atom. The average molecular weight is 289 g/mol. The highest BCUT2D eigenvalue weighted by atomic mass is 35.5. The number of halogens is 2. The van der Waals surface area contributed by atoms with Crippen LogP contribution in [0, 0.1) is 11.7 Å². The number of carbonyl (C=O) groups excluding carboxylic acids is 1. The third-order valence-electron chi connectivity index (χ3n) is 2.43. The van der Waals surface area contributed by atoms with Crippen LogP contribution in [0.25, 0.3) is 0 Å². The van der Waals surface area contributed by atoms with Crippen LogP contribution in [0.3, 0.4) is 0 Å². The maximum absolute atomic E-state index is 13.1. The van der Waals surface area contributed by atoms with E-state index in [4.69, 9.17) is 16.7 Å². The molecule has 2 N–H and O–H groups in total. The summed E-state index contributed by atoms with van der Waals surface area (Å²) < 4.78 is 13.1. The van der Waals surface area contributed by atoms with Gasteiger partial charge in [0, 0.05) is 24.3 Å². The van der Waals surface area contributed by atoms with Gasteiger partial charge in [-0.1, -0.05) is 18.5 Å². The van der Waals surface area contributed by atoms with E-state index in [2.05, 4.69) is 5.32 Å². The van der Waals surface area contributed by atoms with E-state index in [1.807, 2.05) is 0 Å². The van der Waals surface area contributed by atoms with Gasteiger partial charge in [0.1, 0.15) is 5.82 Å². The fraction of sp³-hybridized carbons (Fsp3) is 0.333. The zero-order valence-electron chi connectivity index (χ0n) is 10.5. The minimum Gasteiger partial charge on any atom is -0.481 e. The Morgan fingerprint density at radius 1 is 1.47 bits per heavy atom. The van der Waals surface area contributed by atoms with Crippen LogP contribution in [0.5, 0.6) is 0 Å². The number of nitrogens with one attached hydrogen (secondary N) is 1. The van der Waals surface area contributed by atoms with Gasteiger partial charge in [0.05, 0.1) is 5.92 Å². The Morgan fingerprint density at radius 3 is 2.63 bits per heavy atom. The number of urea groups is 1. The first-order valence-corrected chi connectivity index (χ1v) is 5.88. The summed E-state index contributed by atoms with van der Waals surface area (Å²) in [4.78, 5) is 23.6. The van der Waals surface area contributed by atoms with Gasteiger partial charge in [0.25, 0.3) is 0 Å². The van der Waals surface area contributed by atoms with Crippen LogP contribution in [-0.4, -0.2) is 35.6 Å². The Labute approximate surface area is 115 Å². The second-order valence-corrected chi connectivity index (χ2v) is 4.64. The van der Waals surface area contributed by atoms with Crippen molar-refractivity contribution in [2.24, 2.45) is 5.92 Å². The number of aliphatic carboxylic acids is 1. The predicted molar refractivity (Wildman–Crippen MR) is 69.9 cm³/mol. The summed E-state index contributed by atoms with van der Waals surface area (Å²) in [5, 5.41) is 11.4. The highest BCUT2D eigenvalue weighted by Crippen LogP contribution is 2.18. The van der Waals surface area contributed by atoms with Gasteiger partial charge < -0.3 is 15.3 Å². The number of nitrogens with zero attached hydrogens (tertiary/aromatic N) is 1. The van der Waals surface area contributed by atoms with Gasteiger partial charge in [-0.3, -0.25) is 4.79 Å². The van der Waals surface area contributed by atoms with Gasteiger partial charge in [-0.2, -0.15) is 0 Å². The molecule has 0 bridgehead atoms. The third kappa shape index (κ3) is 4.75. The van der Waals surface area contributed by atoms with E-state index >= 15 is 0 Å². The quantitative estimate of drug-likeness (QED) is 0.895. The van der Waals surface area contributed by atoms with Crippen molar-refractivity contribution in [1.29, 1.82) is 0 Å². The van der Waals surface area contributed by atoms with Gasteiger partial charge in [0.2, 0.25) is 0 Å². The van der Waals surface area contributed by atoms with Crippen molar-refractivity contribution >= 4 is 29.3 Å². The van der Waals surface area contributed by atoms with Gasteiger partial charge in [-0.05, 0) is 18.2 Å². The van der Waals surface area contributed by atoms with E-state index in [0.29, 0.717) is 0 Å². The summed E-state index contributed by atoms with van der Waals surface area (Å²) in [7, 11) is 1.45. The summed E-state index contributed by atoms with van der Waals surface area (Å²) in [6.07, 6.45) is 0. The van der Waals surface area contributed by atoms with E-state index in [1.54, 1.807) is 0 Å². The first-order valence-electron chi connectivity index (χ1n) is 5.50. The molecule has 0 aliphatic heterocycles. The Bertz CT molecular complexity index is 476. The van der Waals surface area contributed by atoms with E-state index in [1.165, 1.54) is 24.9 Å². The van der Waals surface area contributed by atoms with Crippen LogP contribution in [-0.2, 0) is 4.79 Å². The van der Waals surface area contributed by atoms with Crippen LogP contribution < -0.4 is 5.32 Å². The highest BCUT2D eigenvalue weighted by molar-refractivity contribution is 6.30. The van der Waals surface area contributed by atoms with Crippen LogP contribution in [0.4, 0.5) is 14.9 Å². The predicted octanol–water partition coefficient (Wildman–Crippen LogP) is 2.66. The molecule has 2 amide bonds. The molecule has 0 radical (unpaired) electrons. The fourth-order valence-corrected chi connectivity index (χ4v) is 1.64. The molecule has 0 aromatic heterocycles. The number of amides is 2. The Balaban J connectivity index is 2.66. The number of rotatable bonds is 4. The lowest BCUT2D eigenvalue weighted by Crippen LogP contribution is -2.36. The number of anilines is 1. The summed E-state index contributed by atoms with van der Waals surface area (Å²) in [5.41, 5.74) is 0.213. The molecule has 1 unspecified atom stereocenters. The molecule has 0 aliphatic rings. The van der Waals surface area contributed by atoms with Crippen molar-refractivity contribution in [3.05, 3.63) is 29.0 Å². The molecule has 0 aliphatic carbocycles. The Hall–Kier alpha value is -1.82. The van der Waals surface area contributed by atoms with Gasteiger partial charge in [-0.25, -0.2) is 9.18 Å². The van der Waals surface area contributed by atoms with Crippen LogP contribution in [0.15, 0.2) is 18.2 Å². The van der Waals surface area contributed by atoms with Crippen molar-refractivity contribution < 1.29 is 19.1 Å². The zero-order chi connectivity index (χ0) is 14.6. The molecular weight excluding hydrogens is 275 g/mol. The van der Waals surface area contributed by atoms with Crippen LogP contribution in [0.2, 0.25) is 5.02 Å². The molecule has 0 saturated heterocycles. The SMILES string of the molecule is CC(CN(C)C(=O)Nc1cc(F)cc(Cl)c1)C(=O)O. The molecule has 0 heterocycles. The smallest absolute Gasteiger partial charge is 0.321 e. The van der Waals surface area contributed by atoms with E-state index in [0.717, 1.165) is 12.1 Å². The van der Waals surface area contributed by atoms with Crippen molar-refractivity contribution in [2.45, 2.75) is 6.92 Å². The summed E-state index contributed by atoms with van der Waals surface area (Å²) in [6, 6.07) is 3.11. The lowest BCUT2D eigenvalue weighted by Gasteiger charge is -2.20. The summed E-state index contributed by atoms with van der Waals surface area (Å²) >= 11 is 5.66. The Kier molecular flexibility index (Phi) is 5.11. The standard InChI is InChI=1S/C12H14ClFN2O3/c1-7(11(17)18)6-16(2)12(19)15-10-4-8(13)3-9(14)5-10/h3-5,7H,6H2,1-2H3,(H,15,19)(H,17,18). The third-order valence-corrected chi connectivity index (χ3v) is 2.65. The molecule has 1 atom stereocenters. The number of carboxylic acid groups (broad SMARTS) is 1. The molecule has 5 nitrogen and oxygen atoms in total. The number of hydrogen-bond donors (Lipinski definition) is 2. The number of carboxylic acids is 1. The molecule has 7 heteroatoms. The molecule has 0 spiro atoms. The topological polar surface area (TPSA) is 69.6 Å². The zero-order valence-corrected chi connectivity index (χ0v) is 11.2. The van der Waals surface area contributed by atoms with Gasteiger partial charge in [-0.15, -0.1) is 0 Å². The molecule has 19 heavy (non-hydrogen) atoms.